The third-order valence-corrected chi connectivity index (χ3v) is 12.1. The molecule has 0 aromatic carbocycles. The van der Waals surface area contributed by atoms with Crippen molar-refractivity contribution in [2.45, 2.75) is 181 Å². The maximum absolute atomic E-state index is 12.7. The van der Waals surface area contributed by atoms with E-state index in [1.807, 2.05) is 0 Å². The largest absolute Gasteiger partial charge is 0.462 e. The Hall–Kier alpha value is -1.12. The van der Waals surface area contributed by atoms with Crippen LogP contribution < -0.4 is 0 Å². The lowest BCUT2D eigenvalue weighted by Crippen LogP contribution is -2.50. The minimum atomic E-state index is -0.0530. The molecule has 3 nitrogen and oxygen atoms in total. The molecule has 0 aromatic heterocycles. The van der Waals surface area contributed by atoms with Crippen LogP contribution in [0.1, 0.15) is 175 Å². The number of esters is 1. The minimum absolute atomic E-state index is 0.0236. The number of ketones is 1. The fourth-order valence-corrected chi connectivity index (χ4v) is 9.38. The minimum Gasteiger partial charge on any atom is -0.462 e. The average Bonchev–Trinajstić information content (AvgIpc) is 3.25. The van der Waals surface area contributed by atoms with E-state index >= 15 is 0 Å². The lowest BCUT2D eigenvalue weighted by atomic mass is 9.48. The van der Waals surface area contributed by atoms with Crippen molar-refractivity contribution in [1.82, 2.24) is 0 Å². The van der Waals surface area contributed by atoms with Gasteiger partial charge in [-0.2, -0.15) is 0 Å². The van der Waals surface area contributed by atoms with Crippen LogP contribution >= 0.6 is 0 Å². The molecular formula is C37H62O3. The first-order valence-corrected chi connectivity index (χ1v) is 17.8. The molecule has 3 fully saturated rings. The van der Waals surface area contributed by atoms with E-state index in [1.54, 1.807) is 5.57 Å². The Morgan fingerprint density at radius 3 is 1.95 bits per heavy atom. The molecule has 4 rings (SSSR count). The highest BCUT2D eigenvalue weighted by molar-refractivity contribution is 5.87. The second-order valence-electron chi connectivity index (χ2n) is 14.7. The number of carbonyl (C=O) groups is 2. The molecule has 0 aromatic rings. The van der Waals surface area contributed by atoms with Gasteiger partial charge in [-0.25, -0.2) is 0 Å². The molecule has 4 aliphatic rings. The van der Waals surface area contributed by atoms with Crippen molar-refractivity contribution in [3.8, 4) is 0 Å². The second-order valence-corrected chi connectivity index (χ2v) is 14.7. The Kier molecular flexibility index (Phi) is 12.2. The number of fused-ring (bicyclic) bond motifs is 5. The molecule has 0 heterocycles. The molecule has 228 valence electrons. The normalized spacial score (nSPS) is 33.2. The van der Waals surface area contributed by atoms with Crippen molar-refractivity contribution in [3.63, 3.8) is 0 Å². The summed E-state index contributed by atoms with van der Waals surface area (Å²) >= 11 is 0. The highest BCUT2D eigenvalue weighted by atomic mass is 16.5. The van der Waals surface area contributed by atoms with E-state index in [9.17, 15) is 9.59 Å². The van der Waals surface area contributed by atoms with Gasteiger partial charge >= 0.3 is 5.97 Å². The Labute approximate surface area is 247 Å². The Balaban J connectivity index is 1.05. The standard InChI is InChI=1S/C37H62O3/c1-4-5-6-7-8-9-10-11-12-13-14-15-16-17-18-19-35(39)40-30-24-26-36(2)29(28-30)20-21-31-32-22-23-34(38)37(32,3)27-25-33(31)36/h20,30-33H,4-19,21-28H2,1-3H3/t30-,31-,32-,33-,36-,37-/m0/s1. The van der Waals surface area contributed by atoms with E-state index in [1.165, 1.54) is 89.9 Å². The lowest BCUT2D eigenvalue weighted by molar-refractivity contribution is -0.151. The van der Waals surface area contributed by atoms with Gasteiger partial charge in [0.2, 0.25) is 0 Å². The summed E-state index contributed by atoms with van der Waals surface area (Å²) < 4.78 is 6.02. The number of hydrogen-bond acceptors (Lipinski definition) is 3. The number of rotatable bonds is 17. The smallest absolute Gasteiger partial charge is 0.306 e. The van der Waals surface area contributed by atoms with Gasteiger partial charge in [-0.15, -0.1) is 0 Å². The summed E-state index contributed by atoms with van der Waals surface area (Å²) in [7, 11) is 0. The van der Waals surface area contributed by atoms with Gasteiger partial charge in [0.15, 0.2) is 0 Å². The summed E-state index contributed by atoms with van der Waals surface area (Å²) in [5, 5.41) is 0. The maximum Gasteiger partial charge on any atom is 0.306 e. The van der Waals surface area contributed by atoms with Crippen LogP contribution in [0.2, 0.25) is 0 Å². The van der Waals surface area contributed by atoms with Crippen LogP contribution in [0.15, 0.2) is 11.6 Å². The third kappa shape index (κ3) is 7.83. The molecule has 0 aliphatic heterocycles. The molecule has 40 heavy (non-hydrogen) atoms. The topological polar surface area (TPSA) is 43.4 Å². The Bertz CT molecular complexity index is 844. The summed E-state index contributed by atoms with van der Waals surface area (Å²) in [6.07, 6.45) is 31.7. The summed E-state index contributed by atoms with van der Waals surface area (Å²) in [5.74, 6) is 2.51. The van der Waals surface area contributed by atoms with Crippen molar-refractivity contribution in [3.05, 3.63) is 11.6 Å². The van der Waals surface area contributed by atoms with Crippen molar-refractivity contribution in [2.24, 2.45) is 28.6 Å². The first kappa shape index (κ1) is 31.8. The van der Waals surface area contributed by atoms with E-state index in [4.69, 9.17) is 4.74 Å². The highest BCUT2D eigenvalue weighted by Gasteiger charge is 2.58. The van der Waals surface area contributed by atoms with Crippen molar-refractivity contribution < 1.29 is 14.3 Å². The first-order valence-electron chi connectivity index (χ1n) is 17.8. The number of unbranched alkanes of at least 4 members (excludes halogenated alkanes) is 14. The number of Topliss-reactive ketones (excluding diaryl/α,β-unsaturated/α-hetero) is 1. The summed E-state index contributed by atoms with van der Waals surface area (Å²) in [4.78, 5) is 25.3. The zero-order chi connectivity index (χ0) is 28.4. The van der Waals surface area contributed by atoms with Gasteiger partial charge in [-0.3, -0.25) is 9.59 Å². The number of carbonyl (C=O) groups excluding carboxylic acids is 2. The second kappa shape index (κ2) is 15.4. The lowest BCUT2D eigenvalue weighted by Gasteiger charge is -2.56. The molecule has 6 atom stereocenters. The molecule has 0 N–H and O–H groups in total. The molecule has 4 aliphatic carbocycles. The van der Waals surface area contributed by atoms with Gasteiger partial charge in [0.1, 0.15) is 11.9 Å². The van der Waals surface area contributed by atoms with Crippen LogP contribution in [-0.4, -0.2) is 17.9 Å². The fourth-order valence-electron chi connectivity index (χ4n) is 9.38. The van der Waals surface area contributed by atoms with Gasteiger partial charge < -0.3 is 4.74 Å². The highest BCUT2D eigenvalue weighted by Crippen LogP contribution is 2.64. The summed E-state index contributed by atoms with van der Waals surface area (Å²) in [5.41, 5.74) is 1.74. The maximum atomic E-state index is 12.7. The van der Waals surface area contributed by atoms with E-state index in [0.717, 1.165) is 57.8 Å². The molecular weight excluding hydrogens is 492 g/mol. The van der Waals surface area contributed by atoms with Gasteiger partial charge in [-0.1, -0.05) is 122 Å². The molecule has 0 unspecified atom stereocenters. The Morgan fingerprint density at radius 1 is 0.775 bits per heavy atom. The van der Waals surface area contributed by atoms with Crippen molar-refractivity contribution in [1.29, 1.82) is 0 Å². The molecule has 0 radical (unpaired) electrons. The van der Waals surface area contributed by atoms with Gasteiger partial charge in [0.05, 0.1) is 0 Å². The predicted octanol–water partition coefficient (Wildman–Crippen LogP) is 10.7. The third-order valence-electron chi connectivity index (χ3n) is 12.1. The van der Waals surface area contributed by atoms with Gasteiger partial charge in [-0.05, 0) is 68.1 Å². The zero-order valence-corrected chi connectivity index (χ0v) is 26.6. The summed E-state index contributed by atoms with van der Waals surface area (Å²) in [6, 6.07) is 0. The van der Waals surface area contributed by atoms with Gasteiger partial charge in [0, 0.05) is 24.7 Å². The van der Waals surface area contributed by atoms with Crippen molar-refractivity contribution in [2.75, 3.05) is 0 Å². The van der Waals surface area contributed by atoms with Crippen LogP contribution in [0.25, 0.3) is 0 Å². The SMILES string of the molecule is CCCCCCCCCCCCCCCCCC(=O)O[C@H]1CC[C@@]2(C)C(=CC[C@@H]3[C@@H]2CC[C@]2(C)C(=O)CC[C@@H]32)C1. The van der Waals surface area contributed by atoms with E-state index in [2.05, 4.69) is 26.8 Å². The molecule has 0 bridgehead atoms. The van der Waals surface area contributed by atoms with Crippen LogP contribution in [0.4, 0.5) is 0 Å². The predicted molar refractivity (Wildman–Crippen MR) is 166 cm³/mol. The molecule has 0 amide bonds. The first-order chi connectivity index (χ1) is 19.4. The zero-order valence-electron chi connectivity index (χ0n) is 26.6. The number of hydrogen-bond donors (Lipinski definition) is 0. The van der Waals surface area contributed by atoms with Gasteiger partial charge in [0.25, 0.3) is 0 Å². The van der Waals surface area contributed by atoms with Crippen LogP contribution in [0.5, 0.6) is 0 Å². The molecule has 3 heteroatoms. The average molecular weight is 555 g/mol. The van der Waals surface area contributed by atoms with Crippen LogP contribution in [0.3, 0.4) is 0 Å². The van der Waals surface area contributed by atoms with E-state index < -0.39 is 0 Å². The van der Waals surface area contributed by atoms with E-state index in [0.29, 0.717) is 30.0 Å². The Morgan fingerprint density at radius 2 is 1.32 bits per heavy atom. The monoisotopic (exact) mass is 554 g/mol. The van der Waals surface area contributed by atoms with Crippen LogP contribution in [0, 0.1) is 28.6 Å². The molecule has 0 spiro atoms. The number of allylic oxidation sites excluding steroid dienone is 1. The molecule has 3 saturated carbocycles. The van der Waals surface area contributed by atoms with Crippen molar-refractivity contribution >= 4 is 11.8 Å². The van der Waals surface area contributed by atoms with E-state index in [-0.39, 0.29) is 22.9 Å². The fraction of sp³-hybridized carbons (Fsp3) is 0.892. The summed E-state index contributed by atoms with van der Waals surface area (Å²) in [6.45, 7) is 7.04. The molecule has 0 saturated heterocycles. The number of ether oxygens (including phenoxy) is 1. The quantitative estimate of drug-likeness (QED) is 0.102. The van der Waals surface area contributed by atoms with Crippen LogP contribution in [-0.2, 0) is 14.3 Å².